The molecule has 2 aromatic rings. The van der Waals surface area contributed by atoms with Gasteiger partial charge in [0.25, 0.3) is 11.6 Å². The van der Waals surface area contributed by atoms with Crippen LogP contribution < -0.4 is 0 Å². The molecule has 124 valence electrons. The number of nitro groups is 1. The normalized spacial score (nSPS) is 14.9. The third kappa shape index (κ3) is 3.23. The number of halogens is 1. The fourth-order valence-electron chi connectivity index (χ4n) is 2.75. The molecule has 1 aromatic carbocycles. The molecular weight excluding hydrogens is 330 g/mol. The van der Waals surface area contributed by atoms with E-state index in [-0.39, 0.29) is 34.3 Å². The van der Waals surface area contributed by atoms with E-state index in [0.29, 0.717) is 0 Å². The van der Waals surface area contributed by atoms with Crippen molar-refractivity contribution in [1.29, 1.82) is 0 Å². The predicted octanol–water partition coefficient (Wildman–Crippen LogP) is 4.01. The molecule has 0 spiro atoms. The van der Waals surface area contributed by atoms with Gasteiger partial charge in [-0.1, -0.05) is 17.7 Å². The number of aromatic nitrogens is 1. The van der Waals surface area contributed by atoms with Gasteiger partial charge in [-0.3, -0.25) is 19.9 Å². The topological polar surface area (TPSA) is 76.3 Å². The minimum Gasteiger partial charge on any atom is -0.327 e. The SMILES string of the molecule is C[C@@H](c1ccccn1)N(C(=O)c1ccc(Cl)cc1[N+](=O)[O-])C1CC1. The zero-order chi connectivity index (χ0) is 17.3. The number of hydrogen-bond donors (Lipinski definition) is 0. The van der Waals surface area contributed by atoms with Crippen LogP contribution in [0.1, 0.15) is 41.9 Å². The monoisotopic (exact) mass is 345 g/mol. The summed E-state index contributed by atoms with van der Waals surface area (Å²) in [5, 5.41) is 11.5. The summed E-state index contributed by atoms with van der Waals surface area (Å²) in [5.41, 5.74) is 0.541. The fourth-order valence-corrected chi connectivity index (χ4v) is 2.92. The van der Waals surface area contributed by atoms with Crippen LogP contribution in [0.3, 0.4) is 0 Å². The summed E-state index contributed by atoms with van der Waals surface area (Å²) >= 11 is 5.84. The predicted molar refractivity (Wildman–Crippen MR) is 89.9 cm³/mol. The van der Waals surface area contributed by atoms with E-state index in [4.69, 9.17) is 11.6 Å². The second-order valence-electron chi connectivity index (χ2n) is 5.79. The van der Waals surface area contributed by atoms with Crippen molar-refractivity contribution in [3.63, 3.8) is 0 Å². The molecule has 0 saturated heterocycles. The van der Waals surface area contributed by atoms with E-state index in [1.165, 1.54) is 18.2 Å². The lowest BCUT2D eigenvalue weighted by Crippen LogP contribution is -2.36. The highest BCUT2D eigenvalue weighted by atomic mass is 35.5. The molecule has 1 atom stereocenters. The molecule has 0 bridgehead atoms. The van der Waals surface area contributed by atoms with E-state index >= 15 is 0 Å². The van der Waals surface area contributed by atoms with Crippen LogP contribution in [-0.2, 0) is 0 Å². The average Bonchev–Trinajstić information content (AvgIpc) is 3.40. The van der Waals surface area contributed by atoms with Crippen molar-refractivity contribution in [3.8, 4) is 0 Å². The molecule has 0 aliphatic heterocycles. The summed E-state index contributed by atoms with van der Waals surface area (Å²) < 4.78 is 0. The molecule has 7 heteroatoms. The Morgan fingerprint density at radius 2 is 2.12 bits per heavy atom. The zero-order valence-electron chi connectivity index (χ0n) is 13.1. The van der Waals surface area contributed by atoms with Crippen molar-refractivity contribution in [3.05, 3.63) is 69.0 Å². The molecule has 1 amide bonds. The largest absolute Gasteiger partial charge is 0.327 e. The van der Waals surface area contributed by atoms with Crippen LogP contribution in [0.4, 0.5) is 5.69 Å². The van der Waals surface area contributed by atoms with Crippen LogP contribution in [0.5, 0.6) is 0 Å². The second-order valence-corrected chi connectivity index (χ2v) is 6.23. The minimum absolute atomic E-state index is 0.0547. The first kappa shape index (κ1) is 16.4. The van der Waals surface area contributed by atoms with E-state index in [0.717, 1.165) is 18.5 Å². The smallest absolute Gasteiger partial charge is 0.283 e. The molecular formula is C17H16ClN3O3. The number of rotatable bonds is 5. The van der Waals surface area contributed by atoms with Gasteiger partial charge in [-0.15, -0.1) is 0 Å². The van der Waals surface area contributed by atoms with Crippen LogP contribution in [-0.4, -0.2) is 26.8 Å². The van der Waals surface area contributed by atoms with Crippen LogP contribution in [0, 0.1) is 10.1 Å². The zero-order valence-corrected chi connectivity index (χ0v) is 13.8. The van der Waals surface area contributed by atoms with Gasteiger partial charge in [0.15, 0.2) is 0 Å². The number of amides is 1. The van der Waals surface area contributed by atoms with Crippen molar-refractivity contribution < 1.29 is 9.72 Å². The van der Waals surface area contributed by atoms with Crippen LogP contribution >= 0.6 is 11.6 Å². The molecule has 0 N–H and O–H groups in total. The van der Waals surface area contributed by atoms with Gasteiger partial charge in [-0.2, -0.15) is 0 Å². The lowest BCUT2D eigenvalue weighted by atomic mass is 10.1. The quantitative estimate of drug-likeness (QED) is 0.606. The first-order valence-corrected chi connectivity index (χ1v) is 8.04. The number of carbonyl (C=O) groups excluding carboxylic acids is 1. The number of carbonyl (C=O) groups is 1. The van der Waals surface area contributed by atoms with Crippen LogP contribution in [0.25, 0.3) is 0 Å². The number of benzene rings is 1. The van der Waals surface area contributed by atoms with E-state index < -0.39 is 4.92 Å². The molecule has 1 aliphatic carbocycles. The molecule has 1 aromatic heterocycles. The van der Waals surface area contributed by atoms with E-state index in [9.17, 15) is 14.9 Å². The fraction of sp³-hybridized carbons (Fsp3) is 0.294. The van der Waals surface area contributed by atoms with Gasteiger partial charge in [-0.25, -0.2) is 0 Å². The third-order valence-electron chi connectivity index (χ3n) is 4.09. The molecule has 1 heterocycles. The lowest BCUT2D eigenvalue weighted by Gasteiger charge is -2.29. The van der Waals surface area contributed by atoms with Gasteiger partial charge in [0.2, 0.25) is 0 Å². The first-order chi connectivity index (χ1) is 11.5. The molecule has 0 unspecified atom stereocenters. The standard InChI is InChI=1S/C17H16ClN3O3/c1-11(15-4-2-3-9-19-15)20(13-6-7-13)17(22)14-8-5-12(18)10-16(14)21(23)24/h2-5,8-11,13H,6-7H2,1H3/t11-/m0/s1. The van der Waals surface area contributed by atoms with Gasteiger partial charge >= 0.3 is 0 Å². The Morgan fingerprint density at radius 3 is 2.71 bits per heavy atom. The molecule has 1 saturated carbocycles. The Bertz CT molecular complexity index is 778. The maximum atomic E-state index is 13.0. The number of nitro benzene ring substituents is 1. The average molecular weight is 346 g/mol. The summed E-state index contributed by atoms with van der Waals surface area (Å²) in [6, 6.07) is 9.48. The third-order valence-corrected chi connectivity index (χ3v) is 4.33. The number of nitrogens with zero attached hydrogens (tertiary/aromatic N) is 3. The van der Waals surface area contributed by atoms with Crippen molar-refractivity contribution in [2.45, 2.75) is 31.8 Å². The molecule has 1 aliphatic rings. The summed E-state index contributed by atoms with van der Waals surface area (Å²) in [6.45, 7) is 1.89. The molecule has 0 radical (unpaired) electrons. The highest BCUT2D eigenvalue weighted by molar-refractivity contribution is 6.31. The van der Waals surface area contributed by atoms with E-state index in [1.807, 2.05) is 25.1 Å². The molecule has 3 rings (SSSR count). The Balaban J connectivity index is 1.98. The van der Waals surface area contributed by atoms with E-state index in [2.05, 4.69) is 4.98 Å². The first-order valence-electron chi connectivity index (χ1n) is 7.66. The van der Waals surface area contributed by atoms with Gasteiger partial charge in [0.05, 0.1) is 16.7 Å². The second kappa shape index (κ2) is 6.57. The minimum atomic E-state index is -0.574. The van der Waals surface area contributed by atoms with Crippen LogP contribution in [0.15, 0.2) is 42.6 Å². The summed E-state index contributed by atoms with van der Waals surface area (Å²) in [5.74, 6) is -0.362. The molecule has 24 heavy (non-hydrogen) atoms. The molecule has 1 fully saturated rings. The Morgan fingerprint density at radius 1 is 1.38 bits per heavy atom. The highest BCUT2D eigenvalue weighted by Crippen LogP contribution is 2.36. The van der Waals surface area contributed by atoms with Gasteiger partial charge in [-0.05, 0) is 44.0 Å². The maximum absolute atomic E-state index is 13.0. The van der Waals surface area contributed by atoms with E-state index in [1.54, 1.807) is 11.1 Å². The Kier molecular flexibility index (Phi) is 4.49. The number of hydrogen-bond acceptors (Lipinski definition) is 4. The van der Waals surface area contributed by atoms with Gasteiger partial charge < -0.3 is 4.90 Å². The lowest BCUT2D eigenvalue weighted by molar-refractivity contribution is -0.385. The maximum Gasteiger partial charge on any atom is 0.283 e. The summed E-state index contributed by atoms with van der Waals surface area (Å²) in [4.78, 5) is 29.7. The molecule has 6 nitrogen and oxygen atoms in total. The van der Waals surface area contributed by atoms with Crippen molar-refractivity contribution in [2.75, 3.05) is 0 Å². The summed E-state index contributed by atoms with van der Waals surface area (Å²) in [6.07, 6.45) is 3.46. The summed E-state index contributed by atoms with van der Waals surface area (Å²) in [7, 11) is 0. The Hall–Kier alpha value is -2.47. The van der Waals surface area contributed by atoms with Crippen LogP contribution in [0.2, 0.25) is 5.02 Å². The van der Waals surface area contributed by atoms with Crippen molar-refractivity contribution in [2.24, 2.45) is 0 Å². The number of pyridine rings is 1. The van der Waals surface area contributed by atoms with Crippen molar-refractivity contribution >= 4 is 23.2 Å². The van der Waals surface area contributed by atoms with Crippen molar-refractivity contribution in [1.82, 2.24) is 9.88 Å². The Labute approximate surface area is 144 Å². The van der Waals surface area contributed by atoms with Gasteiger partial charge in [0.1, 0.15) is 5.56 Å². The highest BCUT2D eigenvalue weighted by Gasteiger charge is 2.39. The van der Waals surface area contributed by atoms with Gasteiger partial charge in [0, 0.05) is 23.3 Å².